The van der Waals surface area contributed by atoms with Gasteiger partial charge in [-0.1, -0.05) is 18.2 Å². The van der Waals surface area contributed by atoms with Crippen LogP contribution in [-0.4, -0.2) is 47.4 Å². The molecular formula is C19H22N3O4+. The van der Waals surface area contributed by atoms with Crippen LogP contribution in [0.4, 0.5) is 17.1 Å². The Bertz CT molecular complexity index is 858. The summed E-state index contributed by atoms with van der Waals surface area (Å²) < 4.78 is 0. The van der Waals surface area contributed by atoms with Gasteiger partial charge in [0.1, 0.15) is 5.69 Å². The molecule has 1 aliphatic rings. The lowest BCUT2D eigenvalue weighted by Crippen LogP contribution is -2.47. The summed E-state index contributed by atoms with van der Waals surface area (Å²) >= 11 is 0. The van der Waals surface area contributed by atoms with E-state index in [0.717, 1.165) is 13.1 Å². The van der Waals surface area contributed by atoms with Gasteiger partial charge in [-0.3, -0.25) is 0 Å². The monoisotopic (exact) mass is 356 g/mol. The molecule has 0 atom stereocenters. The first kappa shape index (κ1) is 17.7. The van der Waals surface area contributed by atoms with Crippen LogP contribution >= 0.6 is 0 Å². The molecule has 0 aliphatic carbocycles. The van der Waals surface area contributed by atoms with Crippen molar-refractivity contribution in [3.05, 3.63) is 58.0 Å². The molecule has 0 saturated carbocycles. The van der Waals surface area contributed by atoms with Crippen LogP contribution in [0.3, 0.4) is 0 Å². The van der Waals surface area contributed by atoms with Crippen molar-refractivity contribution >= 4 is 23.0 Å². The van der Waals surface area contributed by atoms with E-state index in [1.54, 1.807) is 13.0 Å². The number of para-hydroxylation sites is 1. The summed E-state index contributed by atoms with van der Waals surface area (Å²) in [5, 5.41) is 18.7. The highest BCUT2D eigenvalue weighted by Gasteiger charge is 2.29. The lowest BCUT2D eigenvalue weighted by molar-refractivity contribution is -0.729. The summed E-state index contributed by atoms with van der Waals surface area (Å²) in [7, 11) is 0. The summed E-state index contributed by atoms with van der Waals surface area (Å²) in [5.74, 6) is -1.12. The molecule has 26 heavy (non-hydrogen) atoms. The zero-order valence-electron chi connectivity index (χ0n) is 14.8. The third-order valence-corrected chi connectivity index (χ3v) is 4.83. The number of anilines is 2. The van der Waals surface area contributed by atoms with E-state index >= 15 is 0 Å². The Morgan fingerprint density at radius 1 is 0.962 bits per heavy atom. The molecule has 7 heteroatoms. The number of carboxylic acid groups (broad SMARTS) is 1. The predicted octanol–water partition coefficient (Wildman–Crippen LogP) is 3.13. The average molecular weight is 356 g/mol. The van der Waals surface area contributed by atoms with E-state index in [2.05, 4.69) is 24.0 Å². The van der Waals surface area contributed by atoms with Gasteiger partial charge in [-0.05, 0) is 37.1 Å². The molecule has 0 aromatic heterocycles. The zero-order chi connectivity index (χ0) is 18.8. The van der Waals surface area contributed by atoms with Crippen LogP contribution in [0.5, 0.6) is 0 Å². The lowest BCUT2D eigenvalue weighted by Gasteiger charge is -2.37. The van der Waals surface area contributed by atoms with Gasteiger partial charge in [-0.25, -0.2) is 10.0 Å². The first-order valence-corrected chi connectivity index (χ1v) is 8.48. The van der Waals surface area contributed by atoms with Crippen molar-refractivity contribution in [2.24, 2.45) is 0 Å². The highest BCUT2D eigenvalue weighted by atomic mass is 16.6. The third-order valence-electron chi connectivity index (χ3n) is 4.83. The van der Waals surface area contributed by atoms with Crippen LogP contribution in [0, 0.1) is 18.8 Å². The van der Waals surface area contributed by atoms with E-state index in [9.17, 15) is 20.0 Å². The Morgan fingerprint density at radius 2 is 1.54 bits per heavy atom. The molecule has 1 fully saturated rings. The van der Waals surface area contributed by atoms with Crippen molar-refractivity contribution in [3.8, 4) is 0 Å². The number of rotatable bonds is 4. The van der Waals surface area contributed by atoms with Gasteiger partial charge < -0.3 is 14.9 Å². The first-order valence-electron chi connectivity index (χ1n) is 8.48. The summed E-state index contributed by atoms with van der Waals surface area (Å²) in [4.78, 5) is 26.9. The number of hydrogen-bond acceptors (Lipinski definition) is 4. The van der Waals surface area contributed by atoms with Crippen LogP contribution in [0.1, 0.15) is 21.5 Å². The van der Waals surface area contributed by atoms with Crippen LogP contribution in [0.25, 0.3) is 0 Å². The number of aromatic carboxylic acids is 1. The fourth-order valence-corrected chi connectivity index (χ4v) is 3.42. The van der Waals surface area contributed by atoms with E-state index < -0.39 is 5.97 Å². The molecule has 3 rings (SSSR count). The molecular weight excluding hydrogens is 334 g/mol. The Morgan fingerprint density at radius 3 is 2.08 bits per heavy atom. The van der Waals surface area contributed by atoms with Crippen LogP contribution in [-0.2, 0) is 0 Å². The van der Waals surface area contributed by atoms with Gasteiger partial charge in [0, 0.05) is 37.9 Å². The second kappa shape index (κ2) is 7.03. The maximum Gasteiger partial charge on any atom is 0.340 e. The predicted molar refractivity (Wildman–Crippen MR) is 98.8 cm³/mol. The largest absolute Gasteiger partial charge is 0.478 e. The fourth-order valence-electron chi connectivity index (χ4n) is 3.42. The third kappa shape index (κ3) is 3.33. The molecule has 136 valence electrons. The number of aryl methyl sites for hydroxylation is 2. The zero-order valence-corrected chi connectivity index (χ0v) is 14.8. The van der Waals surface area contributed by atoms with Gasteiger partial charge in [-0.15, -0.1) is 0 Å². The second-order valence-electron chi connectivity index (χ2n) is 6.49. The first-order chi connectivity index (χ1) is 12.4. The molecule has 0 unspecified atom stereocenters. The van der Waals surface area contributed by atoms with Gasteiger partial charge in [0.05, 0.1) is 10.5 Å². The molecule has 2 aromatic carbocycles. The van der Waals surface area contributed by atoms with Crippen LogP contribution < -0.4 is 9.80 Å². The topological polar surface area (TPSA) is 84.1 Å². The number of carboxylic acids is 1. The standard InChI is InChI=1S/C19H21N3O4/c1-13-5-3-4-6-16(13)20-7-9-21(10-8-20)17-11-14(2)15(19(23)24)12-18(17)22(25)26/h3-6,11-12H,7-10H2,1-2H3,(H-,23,24,25,26)/p+1. The van der Waals surface area contributed by atoms with Crippen LogP contribution in [0.15, 0.2) is 36.4 Å². The van der Waals surface area contributed by atoms with Gasteiger partial charge >= 0.3 is 11.7 Å². The van der Waals surface area contributed by atoms with Gasteiger partial charge in [0.25, 0.3) is 4.92 Å². The molecule has 7 nitrogen and oxygen atoms in total. The minimum atomic E-state index is -1.12. The summed E-state index contributed by atoms with van der Waals surface area (Å²) in [6, 6.07) is 11.1. The van der Waals surface area contributed by atoms with Gasteiger partial charge in [0.2, 0.25) is 0 Å². The molecule has 0 bridgehead atoms. The number of carbonyl (C=O) groups is 1. The number of nitrogens with zero attached hydrogens (tertiary/aromatic N) is 3. The Hall–Kier alpha value is -3.09. The number of benzene rings is 2. The molecule has 1 heterocycles. The number of hydrogen-bond donors (Lipinski definition) is 2. The summed E-state index contributed by atoms with van der Waals surface area (Å²) in [6.07, 6.45) is 0. The molecule has 0 radical (unpaired) electrons. The van der Waals surface area contributed by atoms with E-state index in [1.807, 2.05) is 17.0 Å². The Kier molecular flexibility index (Phi) is 4.79. The SMILES string of the molecule is Cc1cc(N2CCN(c3ccccc3C)CC2)c([N+](=O)O)cc1C(=O)O. The van der Waals surface area contributed by atoms with Gasteiger partial charge in [0.15, 0.2) is 0 Å². The second-order valence-corrected chi connectivity index (χ2v) is 6.49. The molecule has 1 saturated heterocycles. The average Bonchev–Trinajstić information content (AvgIpc) is 2.61. The van der Waals surface area contributed by atoms with Crippen molar-refractivity contribution in [2.75, 3.05) is 36.0 Å². The Labute approximate surface area is 151 Å². The van der Waals surface area contributed by atoms with Crippen molar-refractivity contribution < 1.29 is 20.0 Å². The van der Waals surface area contributed by atoms with Gasteiger partial charge in [-0.2, -0.15) is 0 Å². The van der Waals surface area contributed by atoms with E-state index in [4.69, 9.17) is 0 Å². The van der Waals surface area contributed by atoms with E-state index in [1.165, 1.54) is 17.3 Å². The highest BCUT2D eigenvalue weighted by Crippen LogP contribution is 2.32. The highest BCUT2D eigenvalue weighted by molar-refractivity contribution is 5.91. The van der Waals surface area contributed by atoms with Crippen LogP contribution in [0.2, 0.25) is 0 Å². The minimum absolute atomic E-state index is 0.0113. The lowest BCUT2D eigenvalue weighted by atomic mass is 10.0. The van der Waals surface area contributed by atoms with Crippen molar-refractivity contribution in [2.45, 2.75) is 13.8 Å². The fraction of sp³-hybridized carbons (Fsp3) is 0.316. The Balaban J connectivity index is 1.85. The van der Waals surface area contributed by atoms with Crippen molar-refractivity contribution in [1.29, 1.82) is 0 Å². The van der Waals surface area contributed by atoms with E-state index in [-0.39, 0.29) is 16.2 Å². The smallest absolute Gasteiger partial charge is 0.340 e. The van der Waals surface area contributed by atoms with E-state index in [0.29, 0.717) is 24.3 Å². The molecule has 2 N–H and O–H groups in total. The van der Waals surface area contributed by atoms with Crippen molar-refractivity contribution in [3.63, 3.8) is 0 Å². The molecule has 2 aromatic rings. The quantitative estimate of drug-likeness (QED) is 0.819. The summed E-state index contributed by atoms with van der Waals surface area (Å²) in [6.45, 7) is 6.65. The molecule has 0 amide bonds. The normalized spacial score (nSPS) is 14.4. The molecule has 0 spiro atoms. The number of piperazine rings is 1. The molecule has 1 aliphatic heterocycles. The van der Waals surface area contributed by atoms with Crippen molar-refractivity contribution in [1.82, 2.24) is 0 Å². The maximum absolute atomic E-state index is 11.6. The maximum atomic E-state index is 11.6. The minimum Gasteiger partial charge on any atom is -0.478 e. The summed E-state index contributed by atoms with van der Waals surface area (Å²) in [5.41, 5.74) is 3.48.